The second kappa shape index (κ2) is 12.9. The number of nitrogens with zero attached hydrogens (tertiary/aromatic N) is 4. The van der Waals surface area contributed by atoms with E-state index in [1.54, 1.807) is 47.2 Å². The van der Waals surface area contributed by atoms with E-state index < -0.39 is 0 Å². The number of ether oxygens (including phenoxy) is 2. The van der Waals surface area contributed by atoms with Crippen molar-refractivity contribution in [2.45, 2.75) is 31.8 Å². The van der Waals surface area contributed by atoms with Crippen LogP contribution in [-0.2, 0) is 11.3 Å². The van der Waals surface area contributed by atoms with Gasteiger partial charge in [0.2, 0.25) is 17.6 Å². The third-order valence-corrected chi connectivity index (χ3v) is 7.37. The molecular weight excluding hydrogens is 544 g/mol. The Labute approximate surface area is 243 Å². The maximum absolute atomic E-state index is 13.9. The number of amides is 2. The first-order valence-electron chi connectivity index (χ1n) is 13.4. The van der Waals surface area contributed by atoms with Crippen molar-refractivity contribution in [3.63, 3.8) is 0 Å². The van der Waals surface area contributed by atoms with Crippen molar-refractivity contribution in [3.05, 3.63) is 94.8 Å². The molecule has 0 saturated carbocycles. The molecule has 0 spiro atoms. The number of methoxy groups -OCH3 is 2. The van der Waals surface area contributed by atoms with Crippen LogP contribution in [0.25, 0.3) is 11.4 Å². The molecule has 0 bridgehead atoms. The lowest BCUT2D eigenvalue weighted by Gasteiger charge is -2.35. The number of carbonyl (C=O) groups is 2. The van der Waals surface area contributed by atoms with Crippen molar-refractivity contribution in [1.29, 1.82) is 0 Å². The molecular formula is C31H31ClN4O5. The summed E-state index contributed by atoms with van der Waals surface area (Å²) in [4.78, 5) is 35.6. The lowest BCUT2D eigenvalue weighted by molar-refractivity contribution is -0.136. The first-order valence-corrected chi connectivity index (χ1v) is 13.8. The molecule has 1 aromatic heterocycles. The van der Waals surface area contributed by atoms with Crippen molar-refractivity contribution in [2.24, 2.45) is 0 Å². The van der Waals surface area contributed by atoms with E-state index in [4.69, 9.17) is 25.6 Å². The maximum Gasteiger partial charge on any atom is 0.258 e. The summed E-state index contributed by atoms with van der Waals surface area (Å²) in [5, 5.41) is 4.76. The average Bonchev–Trinajstić information content (AvgIpc) is 3.51. The zero-order chi connectivity index (χ0) is 28.8. The molecule has 5 rings (SSSR count). The Bertz CT molecular complexity index is 1490. The Balaban J connectivity index is 1.40. The Morgan fingerprint density at radius 2 is 1.80 bits per heavy atom. The summed E-state index contributed by atoms with van der Waals surface area (Å²) >= 11 is 6.02. The fraction of sp³-hybridized carbons (Fsp3) is 0.290. The van der Waals surface area contributed by atoms with Gasteiger partial charge in [0.05, 0.1) is 19.8 Å². The van der Waals surface area contributed by atoms with Crippen molar-refractivity contribution in [3.8, 4) is 22.9 Å². The summed E-state index contributed by atoms with van der Waals surface area (Å²) in [5.41, 5.74) is 2.02. The van der Waals surface area contributed by atoms with Crippen molar-refractivity contribution in [2.75, 3.05) is 27.3 Å². The van der Waals surface area contributed by atoms with Gasteiger partial charge in [-0.15, -0.1) is 0 Å². The molecule has 1 aliphatic heterocycles. The zero-order valence-electron chi connectivity index (χ0n) is 23.0. The minimum atomic E-state index is -0.381. The van der Waals surface area contributed by atoms with Crippen LogP contribution in [0.3, 0.4) is 0 Å². The highest BCUT2D eigenvalue weighted by Crippen LogP contribution is 2.32. The van der Waals surface area contributed by atoms with Crippen molar-refractivity contribution in [1.82, 2.24) is 19.9 Å². The monoisotopic (exact) mass is 574 g/mol. The molecule has 1 saturated heterocycles. The lowest BCUT2D eigenvalue weighted by atomic mass is 10.0. The predicted octanol–water partition coefficient (Wildman–Crippen LogP) is 5.80. The zero-order valence-corrected chi connectivity index (χ0v) is 23.7. The van der Waals surface area contributed by atoms with Gasteiger partial charge < -0.3 is 23.8 Å². The van der Waals surface area contributed by atoms with Gasteiger partial charge >= 0.3 is 0 Å². The number of benzene rings is 3. The third kappa shape index (κ3) is 6.52. The first-order chi connectivity index (χ1) is 20.0. The topological polar surface area (TPSA) is 98.0 Å². The number of hydrogen-bond acceptors (Lipinski definition) is 7. The molecule has 1 fully saturated rings. The summed E-state index contributed by atoms with van der Waals surface area (Å²) in [6.07, 6.45) is 2.45. The van der Waals surface area contributed by atoms with Gasteiger partial charge in [0.15, 0.2) is 0 Å². The fourth-order valence-corrected chi connectivity index (χ4v) is 5.10. The summed E-state index contributed by atoms with van der Waals surface area (Å²) in [6.45, 7) is 0.652. The molecule has 1 atom stereocenters. The lowest BCUT2D eigenvalue weighted by Crippen LogP contribution is -2.46. The van der Waals surface area contributed by atoms with Crippen LogP contribution < -0.4 is 9.47 Å². The second-order valence-corrected chi connectivity index (χ2v) is 10.2. The number of hydrogen-bond donors (Lipinski definition) is 0. The van der Waals surface area contributed by atoms with E-state index in [1.807, 2.05) is 42.5 Å². The molecule has 212 valence electrons. The van der Waals surface area contributed by atoms with Gasteiger partial charge in [0, 0.05) is 29.7 Å². The minimum absolute atomic E-state index is 0.127. The molecule has 41 heavy (non-hydrogen) atoms. The Morgan fingerprint density at radius 3 is 2.54 bits per heavy atom. The van der Waals surface area contributed by atoms with Crippen molar-refractivity contribution >= 4 is 23.4 Å². The van der Waals surface area contributed by atoms with Gasteiger partial charge in [-0.3, -0.25) is 9.59 Å². The van der Waals surface area contributed by atoms with Crippen LogP contribution in [0.1, 0.15) is 47.1 Å². The van der Waals surface area contributed by atoms with E-state index in [2.05, 4.69) is 10.1 Å². The van der Waals surface area contributed by atoms with Gasteiger partial charge in [0.1, 0.15) is 24.1 Å². The van der Waals surface area contributed by atoms with E-state index in [-0.39, 0.29) is 30.9 Å². The largest absolute Gasteiger partial charge is 0.497 e. The molecule has 10 heteroatoms. The van der Waals surface area contributed by atoms with Gasteiger partial charge in [-0.05, 0) is 61.2 Å². The van der Waals surface area contributed by atoms with Crippen LogP contribution in [-0.4, -0.2) is 59.1 Å². The predicted molar refractivity (Wildman–Crippen MR) is 154 cm³/mol. The standard InChI is InChI=1S/C31H31ClN4O5/c1-39-24-15-16-25(27(18-24)40-2)31(38)35(19-21-8-4-3-5-9-21)20-28(37)36-17-7-6-10-26(36)30-33-29(34-41-30)22-11-13-23(32)14-12-22/h3-5,8-9,11-16,18,26H,6-7,10,17,19-20H2,1-2H3. The summed E-state index contributed by atoms with van der Waals surface area (Å²) in [7, 11) is 3.05. The van der Waals surface area contributed by atoms with Crippen molar-refractivity contribution < 1.29 is 23.6 Å². The molecule has 4 aromatic rings. The molecule has 0 aliphatic carbocycles. The highest BCUT2D eigenvalue weighted by molar-refractivity contribution is 6.30. The van der Waals surface area contributed by atoms with E-state index in [1.165, 1.54) is 7.11 Å². The number of rotatable bonds is 9. The van der Waals surface area contributed by atoms with E-state index >= 15 is 0 Å². The van der Waals surface area contributed by atoms with Gasteiger partial charge in [-0.25, -0.2) is 0 Å². The summed E-state index contributed by atoms with van der Waals surface area (Å²) < 4.78 is 16.4. The molecule has 1 unspecified atom stereocenters. The van der Waals surface area contributed by atoms with Crippen LogP contribution in [0.2, 0.25) is 5.02 Å². The van der Waals surface area contributed by atoms with Gasteiger partial charge in [0.25, 0.3) is 5.91 Å². The Morgan fingerprint density at radius 1 is 1.02 bits per heavy atom. The quantitative estimate of drug-likeness (QED) is 0.249. The number of carbonyl (C=O) groups excluding carboxylic acids is 2. The van der Waals surface area contributed by atoms with E-state index in [9.17, 15) is 9.59 Å². The van der Waals surface area contributed by atoms with Gasteiger partial charge in [-0.2, -0.15) is 4.98 Å². The number of aromatic nitrogens is 2. The summed E-state index contributed by atoms with van der Waals surface area (Å²) in [6, 6.07) is 21.4. The normalized spacial score (nSPS) is 14.9. The maximum atomic E-state index is 13.9. The third-order valence-electron chi connectivity index (χ3n) is 7.12. The number of likely N-dealkylation sites (tertiary alicyclic amines) is 1. The molecule has 1 aliphatic rings. The van der Waals surface area contributed by atoms with Crippen LogP contribution >= 0.6 is 11.6 Å². The van der Waals surface area contributed by atoms with Crippen LogP contribution in [0.5, 0.6) is 11.5 Å². The molecule has 2 amide bonds. The summed E-state index contributed by atoms with van der Waals surface area (Å²) in [5.74, 6) is 1.23. The molecule has 0 radical (unpaired) electrons. The van der Waals surface area contributed by atoms with Crippen LogP contribution in [0.15, 0.2) is 77.3 Å². The van der Waals surface area contributed by atoms with E-state index in [0.717, 1.165) is 24.0 Å². The molecule has 0 N–H and O–H groups in total. The van der Waals surface area contributed by atoms with Gasteiger partial charge in [-0.1, -0.05) is 47.1 Å². The second-order valence-electron chi connectivity index (χ2n) is 9.77. The Hall–Kier alpha value is -4.37. The molecule has 9 nitrogen and oxygen atoms in total. The average molecular weight is 575 g/mol. The first kappa shape index (κ1) is 28.2. The SMILES string of the molecule is COc1ccc(C(=O)N(CC(=O)N2CCCCC2c2nc(-c3ccc(Cl)cc3)no2)Cc2ccccc2)c(OC)c1. The Kier molecular flexibility index (Phi) is 8.84. The number of piperidine rings is 1. The highest BCUT2D eigenvalue weighted by atomic mass is 35.5. The molecule has 3 aromatic carbocycles. The fourth-order valence-electron chi connectivity index (χ4n) is 4.98. The number of halogens is 1. The van der Waals surface area contributed by atoms with Crippen LogP contribution in [0, 0.1) is 0 Å². The van der Waals surface area contributed by atoms with E-state index in [0.29, 0.717) is 46.8 Å². The van der Waals surface area contributed by atoms with Crippen LogP contribution in [0.4, 0.5) is 0 Å². The molecule has 2 heterocycles. The smallest absolute Gasteiger partial charge is 0.258 e. The minimum Gasteiger partial charge on any atom is -0.497 e. The highest BCUT2D eigenvalue weighted by Gasteiger charge is 2.34.